The molecule has 0 amide bonds. The molecule has 2 nitrogen and oxygen atoms in total. The van der Waals surface area contributed by atoms with Crippen LogP contribution in [0.1, 0.15) is 26.7 Å². The standard InChI is InChI=1S/C10H16O2/c1-3-11-9-7-5-6-8-10(9)12-4-2/h5,7H,3-4,6,8H2,1-2H3. The molecule has 0 N–H and O–H groups in total. The van der Waals surface area contributed by atoms with Crippen LogP contribution in [-0.2, 0) is 9.47 Å². The van der Waals surface area contributed by atoms with E-state index in [0.717, 1.165) is 31.0 Å². The minimum atomic E-state index is 0.705. The van der Waals surface area contributed by atoms with Crippen LogP contribution in [0.15, 0.2) is 23.7 Å². The van der Waals surface area contributed by atoms with Gasteiger partial charge in [-0.05, 0) is 26.3 Å². The van der Waals surface area contributed by atoms with Crippen molar-refractivity contribution < 1.29 is 9.47 Å². The molecule has 0 aromatic carbocycles. The quantitative estimate of drug-likeness (QED) is 0.642. The summed E-state index contributed by atoms with van der Waals surface area (Å²) in [5.41, 5.74) is 0. The van der Waals surface area contributed by atoms with Crippen LogP contribution in [0.25, 0.3) is 0 Å². The van der Waals surface area contributed by atoms with Crippen LogP contribution in [0.3, 0.4) is 0 Å². The van der Waals surface area contributed by atoms with E-state index in [1.54, 1.807) is 0 Å². The van der Waals surface area contributed by atoms with Gasteiger partial charge in [0.15, 0.2) is 5.76 Å². The fourth-order valence-electron chi connectivity index (χ4n) is 1.22. The topological polar surface area (TPSA) is 18.5 Å². The molecule has 0 bridgehead atoms. The highest BCUT2D eigenvalue weighted by molar-refractivity contribution is 5.20. The highest BCUT2D eigenvalue weighted by atomic mass is 16.5. The third-order valence-corrected chi connectivity index (χ3v) is 1.70. The highest BCUT2D eigenvalue weighted by Gasteiger charge is 2.09. The Labute approximate surface area is 73.9 Å². The highest BCUT2D eigenvalue weighted by Crippen LogP contribution is 2.20. The SMILES string of the molecule is CCOC1=C(OCC)CCC=C1. The van der Waals surface area contributed by atoms with Crippen LogP contribution in [0, 0.1) is 0 Å². The van der Waals surface area contributed by atoms with Gasteiger partial charge in [-0.1, -0.05) is 6.08 Å². The Hall–Kier alpha value is -0.920. The summed E-state index contributed by atoms with van der Waals surface area (Å²) >= 11 is 0. The van der Waals surface area contributed by atoms with E-state index in [-0.39, 0.29) is 0 Å². The first-order chi connectivity index (χ1) is 5.88. The number of ether oxygens (including phenoxy) is 2. The largest absolute Gasteiger partial charge is 0.494 e. The molecule has 0 heterocycles. The molecule has 0 aromatic rings. The van der Waals surface area contributed by atoms with E-state index in [1.807, 2.05) is 19.9 Å². The van der Waals surface area contributed by atoms with Gasteiger partial charge in [-0.2, -0.15) is 0 Å². The van der Waals surface area contributed by atoms with Gasteiger partial charge in [-0.15, -0.1) is 0 Å². The van der Waals surface area contributed by atoms with E-state index in [0.29, 0.717) is 6.61 Å². The van der Waals surface area contributed by atoms with Gasteiger partial charge in [0.25, 0.3) is 0 Å². The Kier molecular flexibility index (Phi) is 3.71. The Morgan fingerprint density at radius 2 is 2.00 bits per heavy atom. The number of hydrogen-bond donors (Lipinski definition) is 0. The summed E-state index contributed by atoms with van der Waals surface area (Å²) in [6, 6.07) is 0. The zero-order valence-electron chi connectivity index (χ0n) is 7.80. The van der Waals surface area contributed by atoms with E-state index in [9.17, 15) is 0 Å². The average molecular weight is 168 g/mol. The van der Waals surface area contributed by atoms with Crippen molar-refractivity contribution >= 4 is 0 Å². The Balaban J connectivity index is 2.62. The van der Waals surface area contributed by atoms with Crippen LogP contribution in [0.2, 0.25) is 0 Å². The van der Waals surface area contributed by atoms with Crippen LogP contribution >= 0.6 is 0 Å². The summed E-state index contributed by atoms with van der Waals surface area (Å²) < 4.78 is 10.9. The van der Waals surface area contributed by atoms with Crippen LogP contribution < -0.4 is 0 Å². The lowest BCUT2D eigenvalue weighted by atomic mass is 10.1. The van der Waals surface area contributed by atoms with Crippen molar-refractivity contribution in [3.05, 3.63) is 23.7 Å². The van der Waals surface area contributed by atoms with Crippen molar-refractivity contribution in [1.82, 2.24) is 0 Å². The molecule has 0 aliphatic heterocycles. The summed E-state index contributed by atoms with van der Waals surface area (Å²) in [4.78, 5) is 0. The van der Waals surface area contributed by atoms with Crippen molar-refractivity contribution in [2.45, 2.75) is 26.7 Å². The molecule has 1 aliphatic rings. The smallest absolute Gasteiger partial charge is 0.156 e. The predicted molar refractivity (Wildman–Crippen MR) is 48.7 cm³/mol. The van der Waals surface area contributed by atoms with Crippen molar-refractivity contribution in [2.24, 2.45) is 0 Å². The minimum Gasteiger partial charge on any atom is -0.494 e. The molecule has 0 radical (unpaired) electrons. The van der Waals surface area contributed by atoms with Gasteiger partial charge in [0.05, 0.1) is 13.2 Å². The average Bonchev–Trinajstić information content (AvgIpc) is 2.09. The summed E-state index contributed by atoms with van der Waals surface area (Å²) in [7, 11) is 0. The Morgan fingerprint density at radius 1 is 1.25 bits per heavy atom. The zero-order chi connectivity index (χ0) is 8.81. The fourth-order valence-corrected chi connectivity index (χ4v) is 1.22. The first-order valence-electron chi connectivity index (χ1n) is 4.53. The van der Waals surface area contributed by atoms with E-state index in [1.165, 1.54) is 0 Å². The second-order valence-electron chi connectivity index (χ2n) is 2.59. The van der Waals surface area contributed by atoms with Crippen molar-refractivity contribution in [3.63, 3.8) is 0 Å². The monoisotopic (exact) mass is 168 g/mol. The first-order valence-corrected chi connectivity index (χ1v) is 4.53. The second-order valence-corrected chi connectivity index (χ2v) is 2.59. The van der Waals surface area contributed by atoms with Crippen LogP contribution in [-0.4, -0.2) is 13.2 Å². The molecule has 0 atom stereocenters. The normalized spacial score (nSPS) is 16.5. The minimum absolute atomic E-state index is 0.705. The first kappa shape index (κ1) is 9.17. The lowest BCUT2D eigenvalue weighted by molar-refractivity contribution is 0.165. The van der Waals surface area contributed by atoms with Crippen molar-refractivity contribution in [3.8, 4) is 0 Å². The third-order valence-electron chi connectivity index (χ3n) is 1.70. The molecule has 0 saturated carbocycles. The lowest BCUT2D eigenvalue weighted by Crippen LogP contribution is -2.02. The second kappa shape index (κ2) is 4.86. The molecule has 68 valence electrons. The summed E-state index contributed by atoms with van der Waals surface area (Å²) in [6.45, 7) is 5.41. The number of hydrogen-bond acceptors (Lipinski definition) is 2. The van der Waals surface area contributed by atoms with Gasteiger partial charge in [0, 0.05) is 6.42 Å². The Morgan fingerprint density at radius 3 is 2.67 bits per heavy atom. The molecule has 0 saturated heterocycles. The Bertz CT molecular complexity index is 192. The van der Waals surface area contributed by atoms with Crippen LogP contribution in [0.4, 0.5) is 0 Å². The maximum Gasteiger partial charge on any atom is 0.156 e. The molecule has 0 spiro atoms. The van der Waals surface area contributed by atoms with Gasteiger partial charge >= 0.3 is 0 Å². The van der Waals surface area contributed by atoms with Gasteiger partial charge in [0.2, 0.25) is 0 Å². The summed E-state index contributed by atoms with van der Waals surface area (Å²) in [5, 5.41) is 0. The number of rotatable bonds is 4. The van der Waals surface area contributed by atoms with Crippen LogP contribution in [0.5, 0.6) is 0 Å². The fraction of sp³-hybridized carbons (Fsp3) is 0.600. The lowest BCUT2D eigenvalue weighted by Gasteiger charge is -2.15. The molecule has 0 fully saturated rings. The molecule has 0 aromatic heterocycles. The molecular formula is C10H16O2. The van der Waals surface area contributed by atoms with E-state index < -0.39 is 0 Å². The van der Waals surface area contributed by atoms with Gasteiger partial charge in [-0.25, -0.2) is 0 Å². The maximum atomic E-state index is 5.45. The molecule has 1 rings (SSSR count). The van der Waals surface area contributed by atoms with E-state index in [4.69, 9.17) is 9.47 Å². The summed E-state index contributed by atoms with van der Waals surface area (Å²) in [5.74, 6) is 1.91. The molecule has 2 heteroatoms. The molecule has 1 aliphatic carbocycles. The van der Waals surface area contributed by atoms with Gasteiger partial charge in [-0.3, -0.25) is 0 Å². The van der Waals surface area contributed by atoms with Gasteiger partial charge in [0.1, 0.15) is 5.76 Å². The third kappa shape index (κ3) is 2.29. The zero-order valence-corrected chi connectivity index (χ0v) is 7.80. The maximum absolute atomic E-state index is 5.45. The van der Waals surface area contributed by atoms with E-state index >= 15 is 0 Å². The molecule has 12 heavy (non-hydrogen) atoms. The van der Waals surface area contributed by atoms with Gasteiger partial charge < -0.3 is 9.47 Å². The summed E-state index contributed by atoms with van der Waals surface area (Å²) in [6.07, 6.45) is 6.15. The van der Waals surface area contributed by atoms with E-state index in [2.05, 4.69) is 6.08 Å². The molecular weight excluding hydrogens is 152 g/mol. The van der Waals surface area contributed by atoms with Crippen molar-refractivity contribution in [2.75, 3.05) is 13.2 Å². The van der Waals surface area contributed by atoms with Crippen molar-refractivity contribution in [1.29, 1.82) is 0 Å². The predicted octanol–water partition coefficient (Wildman–Crippen LogP) is 2.62. The number of allylic oxidation sites excluding steroid dienone is 3. The molecule has 0 unspecified atom stereocenters.